The Bertz CT molecular complexity index is 1140. The van der Waals surface area contributed by atoms with Crippen molar-refractivity contribution in [2.75, 3.05) is 0 Å². The van der Waals surface area contributed by atoms with Crippen LogP contribution >= 0.6 is 0 Å². The fourth-order valence-corrected chi connectivity index (χ4v) is 4.45. The first kappa shape index (κ1) is 20.0. The van der Waals surface area contributed by atoms with Gasteiger partial charge in [0.15, 0.2) is 0 Å². The highest BCUT2D eigenvalue weighted by molar-refractivity contribution is 5.89. The Kier molecular flexibility index (Phi) is 5.42. The smallest absolute Gasteiger partial charge is 0.251 e. The molecule has 5 rings (SSSR count). The van der Waals surface area contributed by atoms with E-state index in [1.54, 1.807) is 0 Å². The van der Waals surface area contributed by atoms with Crippen LogP contribution in [0, 0.1) is 11.3 Å². The normalized spacial score (nSPS) is 19.6. The first-order chi connectivity index (χ1) is 15.7. The summed E-state index contributed by atoms with van der Waals surface area (Å²) in [6.45, 7) is 0. The molecule has 0 radical (unpaired) electrons. The fourth-order valence-electron chi connectivity index (χ4n) is 4.45. The topological polar surface area (TPSA) is 97.1 Å². The van der Waals surface area contributed by atoms with Gasteiger partial charge in [-0.2, -0.15) is 5.26 Å². The van der Waals surface area contributed by atoms with E-state index in [0.29, 0.717) is 0 Å². The Labute approximate surface area is 186 Å². The highest BCUT2D eigenvalue weighted by atomic mass is 16.5. The van der Waals surface area contributed by atoms with E-state index in [9.17, 15) is 4.79 Å². The number of fused-ring (bicyclic) bond motifs is 2. The van der Waals surface area contributed by atoms with Crippen molar-refractivity contribution in [2.24, 2.45) is 0 Å². The minimum absolute atomic E-state index is 0.0155. The number of carbonyl (C=O) groups is 1. The summed E-state index contributed by atoms with van der Waals surface area (Å²) in [6, 6.07) is 17.5. The van der Waals surface area contributed by atoms with E-state index in [2.05, 4.69) is 15.3 Å². The molecule has 32 heavy (non-hydrogen) atoms. The molecule has 0 unspecified atom stereocenters. The molecule has 7 nitrogen and oxygen atoms in total. The van der Waals surface area contributed by atoms with Gasteiger partial charge in [-0.3, -0.25) is 4.79 Å². The van der Waals surface area contributed by atoms with Crippen LogP contribution in [0.15, 0.2) is 60.9 Å². The third-order valence-corrected chi connectivity index (χ3v) is 6.01. The van der Waals surface area contributed by atoms with Crippen LogP contribution in [0.4, 0.5) is 0 Å². The molecule has 160 valence electrons. The average Bonchev–Trinajstić information content (AvgIpc) is 2.84. The summed E-state index contributed by atoms with van der Waals surface area (Å²) in [5.41, 5.74) is 1.96. The predicted molar refractivity (Wildman–Crippen MR) is 116 cm³/mol. The molecule has 1 aromatic heterocycles. The highest BCUT2D eigenvalue weighted by Crippen LogP contribution is 2.44. The van der Waals surface area contributed by atoms with Gasteiger partial charge in [-0.25, -0.2) is 9.97 Å². The van der Waals surface area contributed by atoms with Crippen LogP contribution in [0.5, 0.6) is 17.4 Å². The fraction of sp³-hybridized carbons (Fsp3) is 0.280. The molecule has 0 bridgehead atoms. The predicted octanol–water partition coefficient (Wildman–Crippen LogP) is 4.09. The lowest BCUT2D eigenvalue weighted by molar-refractivity contribution is -0.122. The Morgan fingerprint density at radius 2 is 1.59 bits per heavy atom. The van der Waals surface area contributed by atoms with E-state index in [1.165, 1.54) is 12.4 Å². The van der Waals surface area contributed by atoms with E-state index in [4.69, 9.17) is 14.7 Å². The minimum Gasteiger partial charge on any atom is -0.472 e. The number of nitrogens with zero attached hydrogens (tertiary/aromatic N) is 3. The Hall–Kier alpha value is -3.92. The highest BCUT2D eigenvalue weighted by Gasteiger charge is 2.34. The van der Waals surface area contributed by atoms with Gasteiger partial charge in [0.25, 0.3) is 5.88 Å². The van der Waals surface area contributed by atoms with Crippen molar-refractivity contribution in [3.8, 4) is 23.4 Å². The standard InChI is InChI=1S/C25H22N4O3/c26-15-20-25(28-14-13-27-20)31-17-11-9-16(10-12-17)29-24(30)23-18-5-1-3-7-21(18)32-22-8-4-2-6-19(22)23/h1-8,13-14,16-17,23H,9-12H2,(H,29,30). The number of rotatable bonds is 4. The molecule has 0 atom stereocenters. The van der Waals surface area contributed by atoms with Crippen molar-refractivity contribution in [3.63, 3.8) is 0 Å². The number of carbonyl (C=O) groups excluding carboxylic acids is 1. The Balaban J connectivity index is 1.26. The van der Waals surface area contributed by atoms with E-state index in [0.717, 1.165) is 48.3 Å². The van der Waals surface area contributed by atoms with Gasteiger partial charge in [0, 0.05) is 29.6 Å². The van der Waals surface area contributed by atoms with Gasteiger partial charge in [0.1, 0.15) is 23.7 Å². The second kappa shape index (κ2) is 8.67. The first-order valence-electron chi connectivity index (χ1n) is 10.8. The number of hydrogen-bond acceptors (Lipinski definition) is 6. The lowest BCUT2D eigenvalue weighted by Crippen LogP contribution is -2.42. The zero-order valence-electron chi connectivity index (χ0n) is 17.4. The number of nitrogens with one attached hydrogen (secondary N) is 1. The quantitative estimate of drug-likeness (QED) is 0.675. The molecular weight excluding hydrogens is 404 g/mol. The van der Waals surface area contributed by atoms with Gasteiger partial charge in [-0.15, -0.1) is 0 Å². The van der Waals surface area contributed by atoms with Gasteiger partial charge < -0.3 is 14.8 Å². The summed E-state index contributed by atoms with van der Waals surface area (Å²) in [5.74, 6) is 1.31. The number of amides is 1. The molecular formula is C25H22N4O3. The molecule has 1 fully saturated rings. The first-order valence-corrected chi connectivity index (χ1v) is 10.8. The van der Waals surface area contributed by atoms with E-state index >= 15 is 0 Å². The summed E-state index contributed by atoms with van der Waals surface area (Å²) in [7, 11) is 0. The number of para-hydroxylation sites is 2. The van der Waals surface area contributed by atoms with Gasteiger partial charge in [0.2, 0.25) is 11.6 Å². The zero-order valence-corrected chi connectivity index (χ0v) is 17.4. The van der Waals surface area contributed by atoms with Gasteiger partial charge in [-0.1, -0.05) is 36.4 Å². The van der Waals surface area contributed by atoms with E-state index < -0.39 is 5.92 Å². The van der Waals surface area contributed by atoms with Crippen LogP contribution in [-0.4, -0.2) is 28.0 Å². The van der Waals surface area contributed by atoms with Crippen LogP contribution in [0.2, 0.25) is 0 Å². The second-order valence-corrected chi connectivity index (χ2v) is 8.03. The number of aromatic nitrogens is 2. The third-order valence-electron chi connectivity index (χ3n) is 6.01. The van der Waals surface area contributed by atoms with E-state index in [1.807, 2.05) is 54.6 Å². The van der Waals surface area contributed by atoms with Gasteiger partial charge in [0.05, 0.1) is 5.92 Å². The van der Waals surface area contributed by atoms with Gasteiger partial charge in [-0.05, 0) is 37.8 Å². The maximum Gasteiger partial charge on any atom is 0.251 e. The van der Waals surface area contributed by atoms with Crippen LogP contribution in [0.25, 0.3) is 0 Å². The monoisotopic (exact) mass is 426 g/mol. The molecule has 2 aromatic carbocycles. The SMILES string of the molecule is N#Cc1nccnc1OC1CCC(NC(=O)C2c3ccccc3Oc3ccccc32)CC1. The van der Waals surface area contributed by atoms with Crippen LogP contribution in [0.1, 0.15) is 48.4 Å². The molecule has 1 aliphatic carbocycles. The lowest BCUT2D eigenvalue weighted by Gasteiger charge is -2.32. The maximum absolute atomic E-state index is 13.4. The number of nitriles is 1. The van der Waals surface area contributed by atoms with E-state index in [-0.39, 0.29) is 29.6 Å². The van der Waals surface area contributed by atoms with Crippen LogP contribution < -0.4 is 14.8 Å². The molecule has 2 aliphatic rings. The molecule has 7 heteroatoms. The van der Waals surface area contributed by atoms with Gasteiger partial charge >= 0.3 is 0 Å². The van der Waals surface area contributed by atoms with Crippen molar-refractivity contribution in [1.82, 2.24) is 15.3 Å². The van der Waals surface area contributed by atoms with Crippen molar-refractivity contribution in [1.29, 1.82) is 5.26 Å². The molecule has 1 amide bonds. The summed E-state index contributed by atoms with van der Waals surface area (Å²) in [4.78, 5) is 21.5. The summed E-state index contributed by atoms with van der Waals surface area (Å²) < 4.78 is 11.9. The second-order valence-electron chi connectivity index (χ2n) is 8.03. The van der Waals surface area contributed by atoms with Crippen LogP contribution in [-0.2, 0) is 4.79 Å². The molecule has 2 heterocycles. The summed E-state index contributed by atoms with van der Waals surface area (Å²) in [5, 5.41) is 12.4. The number of ether oxygens (including phenoxy) is 2. The minimum atomic E-state index is -0.400. The molecule has 0 saturated heterocycles. The summed E-state index contributed by atoms with van der Waals surface area (Å²) in [6.07, 6.45) is 6.09. The molecule has 1 aliphatic heterocycles. The Morgan fingerprint density at radius 1 is 0.969 bits per heavy atom. The molecule has 1 N–H and O–H groups in total. The molecule has 1 saturated carbocycles. The largest absolute Gasteiger partial charge is 0.472 e. The molecule has 3 aromatic rings. The van der Waals surface area contributed by atoms with Crippen molar-refractivity contribution < 1.29 is 14.3 Å². The lowest BCUT2D eigenvalue weighted by atomic mass is 9.86. The summed E-state index contributed by atoms with van der Waals surface area (Å²) >= 11 is 0. The third kappa shape index (κ3) is 3.87. The van der Waals surface area contributed by atoms with Crippen molar-refractivity contribution in [3.05, 3.63) is 77.7 Å². The maximum atomic E-state index is 13.4. The van der Waals surface area contributed by atoms with Crippen molar-refractivity contribution >= 4 is 5.91 Å². The molecule has 0 spiro atoms. The number of hydrogen-bond donors (Lipinski definition) is 1. The number of benzene rings is 2. The average molecular weight is 426 g/mol. The van der Waals surface area contributed by atoms with Crippen LogP contribution in [0.3, 0.4) is 0 Å². The zero-order chi connectivity index (χ0) is 21.9. The Morgan fingerprint density at radius 3 is 2.25 bits per heavy atom. The van der Waals surface area contributed by atoms with Crippen molar-refractivity contribution in [2.45, 2.75) is 43.7 Å².